The Hall–Kier alpha value is -3.44. The Morgan fingerprint density at radius 3 is 2.41 bits per heavy atom. The molecular weight excluding hydrogens is 464 g/mol. The van der Waals surface area contributed by atoms with E-state index in [4.69, 9.17) is 9.84 Å². The molecule has 4 aromatic rings. The van der Waals surface area contributed by atoms with Crippen LogP contribution in [0.3, 0.4) is 0 Å². The molecule has 0 saturated heterocycles. The molecule has 0 saturated carbocycles. The number of Topliss-reactive ketones (excluding diaryl/α,β-unsaturated/α-hetero) is 1. The Labute approximate surface area is 195 Å². The van der Waals surface area contributed by atoms with E-state index in [0.717, 1.165) is 38.1 Å². The highest BCUT2D eigenvalue weighted by molar-refractivity contribution is 9.10. The molecule has 0 radical (unpaired) electrons. The van der Waals surface area contributed by atoms with Crippen LogP contribution in [-0.2, 0) is 0 Å². The minimum absolute atomic E-state index is 0.128. The van der Waals surface area contributed by atoms with Gasteiger partial charge in [0.05, 0.1) is 11.3 Å². The van der Waals surface area contributed by atoms with Gasteiger partial charge in [0.25, 0.3) is 0 Å². The number of para-hydroxylation sites is 1. The largest absolute Gasteiger partial charge is 0.452 e. The smallest absolute Gasteiger partial charge is 0.232 e. The minimum Gasteiger partial charge on any atom is -0.452 e. The van der Waals surface area contributed by atoms with E-state index in [-0.39, 0.29) is 5.78 Å². The third-order valence-electron chi connectivity index (χ3n) is 5.59. The topological polar surface area (TPSA) is 44.1 Å². The van der Waals surface area contributed by atoms with Gasteiger partial charge in [-0.2, -0.15) is 5.10 Å². The summed E-state index contributed by atoms with van der Waals surface area (Å²) in [7, 11) is 0. The van der Waals surface area contributed by atoms with Gasteiger partial charge in [-0.05, 0) is 68.3 Å². The number of ketones is 1. The van der Waals surface area contributed by atoms with Crippen molar-refractivity contribution < 1.29 is 9.53 Å². The van der Waals surface area contributed by atoms with Gasteiger partial charge < -0.3 is 4.74 Å². The number of hydrogen-bond donors (Lipinski definition) is 0. The van der Waals surface area contributed by atoms with Crippen LogP contribution in [-0.4, -0.2) is 15.6 Å². The van der Waals surface area contributed by atoms with Crippen LogP contribution >= 0.6 is 15.9 Å². The number of aromatic nitrogens is 2. The second-order valence-electron chi connectivity index (χ2n) is 8.07. The van der Waals surface area contributed by atoms with Crippen LogP contribution in [0, 0.1) is 20.8 Å². The van der Waals surface area contributed by atoms with Crippen molar-refractivity contribution in [3.05, 3.63) is 105 Å². The highest BCUT2D eigenvalue weighted by atomic mass is 79.9. The molecule has 0 amide bonds. The standard InChI is InChI=1S/C27H21BrN2O2/c1-16-11-17(2)25(18(3)12-16)26-19(15-30(29-26)21-7-5-4-6-8-21)13-24-27(31)22-14-20(28)9-10-23(22)32-24/h4-15H,1-3H3/b24-13-. The Balaban J connectivity index is 1.68. The molecule has 158 valence electrons. The molecule has 0 spiro atoms. The van der Waals surface area contributed by atoms with Crippen molar-refractivity contribution >= 4 is 27.8 Å². The third-order valence-corrected chi connectivity index (χ3v) is 6.09. The van der Waals surface area contributed by atoms with Crippen molar-refractivity contribution in [2.45, 2.75) is 20.8 Å². The van der Waals surface area contributed by atoms with Crippen molar-refractivity contribution in [2.75, 3.05) is 0 Å². The zero-order chi connectivity index (χ0) is 22.4. The number of aryl methyl sites for hydroxylation is 3. The fourth-order valence-corrected chi connectivity index (χ4v) is 4.62. The lowest BCUT2D eigenvalue weighted by Gasteiger charge is -2.10. The summed E-state index contributed by atoms with van der Waals surface area (Å²) in [5, 5.41) is 4.93. The summed E-state index contributed by atoms with van der Waals surface area (Å²) in [5.74, 6) is 0.746. The lowest BCUT2D eigenvalue weighted by atomic mass is 9.95. The normalized spacial score (nSPS) is 14.0. The molecule has 0 N–H and O–H groups in total. The Morgan fingerprint density at radius 1 is 0.969 bits per heavy atom. The molecule has 5 heteroatoms. The lowest BCUT2D eigenvalue weighted by molar-refractivity contribution is 0.101. The van der Waals surface area contributed by atoms with E-state index >= 15 is 0 Å². The van der Waals surface area contributed by atoms with Crippen molar-refractivity contribution in [3.8, 4) is 22.7 Å². The summed E-state index contributed by atoms with van der Waals surface area (Å²) in [6.45, 7) is 6.28. The van der Waals surface area contributed by atoms with Gasteiger partial charge in [0.2, 0.25) is 5.78 Å². The van der Waals surface area contributed by atoms with Crippen molar-refractivity contribution in [2.24, 2.45) is 0 Å². The van der Waals surface area contributed by atoms with Crippen molar-refractivity contribution in [1.82, 2.24) is 9.78 Å². The van der Waals surface area contributed by atoms with E-state index < -0.39 is 0 Å². The predicted octanol–water partition coefficient (Wildman–Crippen LogP) is 6.84. The predicted molar refractivity (Wildman–Crippen MR) is 130 cm³/mol. The van der Waals surface area contributed by atoms with Crippen LogP contribution in [0.15, 0.2) is 77.1 Å². The summed E-state index contributed by atoms with van der Waals surface area (Å²) < 4.78 is 8.61. The Kier molecular flexibility index (Phi) is 5.06. The van der Waals surface area contributed by atoms with Gasteiger partial charge in [-0.15, -0.1) is 0 Å². The number of carbonyl (C=O) groups excluding carboxylic acids is 1. The molecule has 1 aromatic heterocycles. The van der Waals surface area contributed by atoms with Gasteiger partial charge in [-0.3, -0.25) is 4.79 Å². The van der Waals surface area contributed by atoms with E-state index in [1.165, 1.54) is 5.56 Å². The van der Waals surface area contributed by atoms with Crippen molar-refractivity contribution in [3.63, 3.8) is 0 Å². The second kappa shape index (κ2) is 7.92. The van der Waals surface area contributed by atoms with Crippen LogP contribution in [0.5, 0.6) is 5.75 Å². The summed E-state index contributed by atoms with van der Waals surface area (Å²) >= 11 is 3.43. The highest BCUT2D eigenvalue weighted by Crippen LogP contribution is 2.36. The summed E-state index contributed by atoms with van der Waals surface area (Å²) in [4.78, 5) is 13.0. The SMILES string of the molecule is Cc1cc(C)c(-c2nn(-c3ccccc3)cc2/C=C2\Oc3ccc(Br)cc3C2=O)c(C)c1. The van der Waals surface area contributed by atoms with E-state index in [9.17, 15) is 4.79 Å². The molecule has 1 aliphatic rings. The molecule has 0 fully saturated rings. The molecule has 2 heterocycles. The van der Waals surface area contributed by atoms with Gasteiger partial charge in [0, 0.05) is 21.8 Å². The zero-order valence-corrected chi connectivity index (χ0v) is 19.6. The van der Waals surface area contributed by atoms with E-state index in [1.807, 2.05) is 47.3 Å². The molecule has 32 heavy (non-hydrogen) atoms. The number of ether oxygens (including phenoxy) is 1. The third kappa shape index (κ3) is 3.59. The highest BCUT2D eigenvalue weighted by Gasteiger charge is 2.28. The summed E-state index contributed by atoms with van der Waals surface area (Å²) in [6, 6.07) is 19.7. The number of fused-ring (bicyclic) bond motifs is 1. The van der Waals surface area contributed by atoms with Gasteiger partial charge in [-0.1, -0.05) is 51.8 Å². The number of hydrogen-bond acceptors (Lipinski definition) is 3. The molecular formula is C27H21BrN2O2. The summed E-state index contributed by atoms with van der Waals surface area (Å²) in [6.07, 6.45) is 3.75. The molecule has 0 unspecified atom stereocenters. The van der Waals surface area contributed by atoms with Gasteiger partial charge in [-0.25, -0.2) is 4.68 Å². The van der Waals surface area contributed by atoms with E-state index in [2.05, 4.69) is 48.8 Å². The Bertz CT molecular complexity index is 1380. The number of halogens is 1. The molecule has 0 atom stereocenters. The maximum atomic E-state index is 13.0. The van der Waals surface area contributed by atoms with Crippen LogP contribution < -0.4 is 4.74 Å². The number of nitrogens with zero attached hydrogens (tertiary/aromatic N) is 2. The first-order chi connectivity index (χ1) is 15.4. The molecule has 5 rings (SSSR count). The van der Waals surface area contributed by atoms with Crippen LogP contribution in [0.25, 0.3) is 23.0 Å². The molecule has 3 aromatic carbocycles. The fourth-order valence-electron chi connectivity index (χ4n) is 4.26. The molecule has 4 nitrogen and oxygen atoms in total. The average Bonchev–Trinajstić information content (AvgIpc) is 3.30. The van der Waals surface area contributed by atoms with Gasteiger partial charge in [0.1, 0.15) is 11.4 Å². The second-order valence-corrected chi connectivity index (χ2v) is 8.98. The Morgan fingerprint density at radius 2 is 1.69 bits per heavy atom. The van der Waals surface area contributed by atoms with Crippen LogP contribution in [0.4, 0.5) is 0 Å². The molecule has 0 aliphatic carbocycles. The first kappa shape index (κ1) is 20.5. The first-order valence-corrected chi connectivity index (χ1v) is 11.2. The maximum absolute atomic E-state index is 13.0. The lowest BCUT2D eigenvalue weighted by Crippen LogP contribution is -1.99. The fraction of sp³-hybridized carbons (Fsp3) is 0.111. The maximum Gasteiger partial charge on any atom is 0.232 e. The van der Waals surface area contributed by atoms with E-state index in [1.54, 1.807) is 18.2 Å². The summed E-state index contributed by atoms with van der Waals surface area (Å²) in [5.41, 5.74) is 7.74. The first-order valence-electron chi connectivity index (χ1n) is 10.4. The number of rotatable bonds is 3. The van der Waals surface area contributed by atoms with Gasteiger partial charge >= 0.3 is 0 Å². The number of benzene rings is 3. The quantitative estimate of drug-likeness (QED) is 0.299. The van der Waals surface area contributed by atoms with Crippen LogP contribution in [0.1, 0.15) is 32.6 Å². The zero-order valence-electron chi connectivity index (χ0n) is 18.0. The number of carbonyl (C=O) groups is 1. The number of allylic oxidation sites excluding steroid dienone is 1. The van der Waals surface area contributed by atoms with Gasteiger partial charge in [0.15, 0.2) is 5.76 Å². The minimum atomic E-state index is -0.128. The van der Waals surface area contributed by atoms with E-state index in [0.29, 0.717) is 17.1 Å². The monoisotopic (exact) mass is 484 g/mol. The van der Waals surface area contributed by atoms with Crippen molar-refractivity contribution in [1.29, 1.82) is 0 Å². The molecule has 1 aliphatic heterocycles. The van der Waals surface area contributed by atoms with Crippen LogP contribution in [0.2, 0.25) is 0 Å². The average molecular weight is 485 g/mol. The molecule has 0 bridgehead atoms.